The second kappa shape index (κ2) is 10.2. The number of carbonyl (C=O) groups is 1. The van der Waals surface area contributed by atoms with Crippen molar-refractivity contribution < 1.29 is 14.3 Å². The first-order chi connectivity index (χ1) is 10.2. The Kier molecular flexibility index (Phi) is 8.44. The monoisotopic (exact) mass is 290 g/mol. The second-order valence-corrected chi connectivity index (χ2v) is 5.10. The van der Waals surface area contributed by atoms with E-state index >= 15 is 0 Å². The zero-order valence-electron chi connectivity index (χ0n) is 13.4. The van der Waals surface area contributed by atoms with Gasteiger partial charge in [0, 0.05) is 7.11 Å². The normalized spacial score (nSPS) is 12.0. The van der Waals surface area contributed by atoms with Gasteiger partial charge >= 0.3 is 5.97 Å². The molecule has 0 bridgehead atoms. The fourth-order valence-electron chi connectivity index (χ4n) is 2.11. The van der Waals surface area contributed by atoms with Gasteiger partial charge in [-0.1, -0.05) is 56.5 Å². The van der Waals surface area contributed by atoms with Crippen LogP contribution in [-0.4, -0.2) is 26.3 Å². The van der Waals surface area contributed by atoms with E-state index in [0.717, 1.165) is 24.0 Å². The largest absolute Gasteiger partial charge is 0.462 e. The Bertz CT molecular complexity index is 449. The maximum atomic E-state index is 12.2. The minimum absolute atomic E-state index is 0.269. The molecule has 0 aromatic heterocycles. The summed E-state index contributed by atoms with van der Waals surface area (Å²) in [5, 5.41) is 0. The van der Waals surface area contributed by atoms with Crippen LogP contribution >= 0.6 is 0 Å². The van der Waals surface area contributed by atoms with Crippen molar-refractivity contribution in [1.82, 2.24) is 0 Å². The van der Waals surface area contributed by atoms with Gasteiger partial charge in [-0.25, -0.2) is 4.79 Å². The lowest BCUT2D eigenvalue weighted by Gasteiger charge is -2.12. The van der Waals surface area contributed by atoms with Crippen molar-refractivity contribution in [3.63, 3.8) is 0 Å². The summed E-state index contributed by atoms with van der Waals surface area (Å²) in [6.07, 6.45) is 4.38. The summed E-state index contributed by atoms with van der Waals surface area (Å²) in [5.74, 6) is -0.269. The molecule has 116 valence electrons. The highest BCUT2D eigenvalue weighted by Crippen LogP contribution is 2.19. The van der Waals surface area contributed by atoms with Gasteiger partial charge in [-0.3, -0.25) is 0 Å². The minimum Gasteiger partial charge on any atom is -0.462 e. The SMILES string of the molecule is CCCCCCOC(=O)C(COC)=C(C)c1ccccc1. The minimum atomic E-state index is -0.269. The molecule has 0 radical (unpaired) electrons. The van der Waals surface area contributed by atoms with Crippen molar-refractivity contribution in [2.24, 2.45) is 0 Å². The van der Waals surface area contributed by atoms with Crippen LogP contribution in [0.2, 0.25) is 0 Å². The van der Waals surface area contributed by atoms with Crippen molar-refractivity contribution in [3.05, 3.63) is 41.5 Å². The molecule has 0 saturated heterocycles. The highest BCUT2D eigenvalue weighted by Gasteiger charge is 2.15. The van der Waals surface area contributed by atoms with E-state index in [-0.39, 0.29) is 12.6 Å². The average molecular weight is 290 g/mol. The van der Waals surface area contributed by atoms with Gasteiger partial charge in [0.25, 0.3) is 0 Å². The van der Waals surface area contributed by atoms with Crippen molar-refractivity contribution in [2.75, 3.05) is 20.3 Å². The Morgan fingerprint density at radius 3 is 2.43 bits per heavy atom. The first-order valence-corrected chi connectivity index (χ1v) is 7.62. The van der Waals surface area contributed by atoms with Crippen molar-refractivity contribution in [3.8, 4) is 0 Å². The highest BCUT2D eigenvalue weighted by molar-refractivity contribution is 5.97. The van der Waals surface area contributed by atoms with E-state index in [2.05, 4.69) is 6.92 Å². The van der Waals surface area contributed by atoms with Crippen LogP contribution in [-0.2, 0) is 14.3 Å². The molecule has 0 amide bonds. The van der Waals surface area contributed by atoms with Crippen LogP contribution in [0.4, 0.5) is 0 Å². The number of carbonyl (C=O) groups excluding carboxylic acids is 1. The molecule has 0 N–H and O–H groups in total. The van der Waals surface area contributed by atoms with Gasteiger partial charge < -0.3 is 9.47 Å². The summed E-state index contributed by atoms with van der Waals surface area (Å²) >= 11 is 0. The summed E-state index contributed by atoms with van der Waals surface area (Å²) in [5.41, 5.74) is 2.53. The molecule has 21 heavy (non-hydrogen) atoms. The van der Waals surface area contributed by atoms with Crippen LogP contribution in [0.25, 0.3) is 5.57 Å². The van der Waals surface area contributed by atoms with Crippen molar-refractivity contribution in [2.45, 2.75) is 39.5 Å². The number of esters is 1. The van der Waals surface area contributed by atoms with Gasteiger partial charge in [-0.05, 0) is 24.5 Å². The van der Waals surface area contributed by atoms with Crippen LogP contribution < -0.4 is 0 Å². The van der Waals surface area contributed by atoms with Crippen molar-refractivity contribution in [1.29, 1.82) is 0 Å². The fraction of sp³-hybridized carbons (Fsp3) is 0.500. The van der Waals surface area contributed by atoms with E-state index in [1.165, 1.54) is 12.8 Å². The number of hydrogen-bond acceptors (Lipinski definition) is 3. The maximum absolute atomic E-state index is 12.2. The summed E-state index contributed by atoms with van der Waals surface area (Å²) in [6, 6.07) is 9.84. The topological polar surface area (TPSA) is 35.5 Å². The van der Waals surface area contributed by atoms with Gasteiger partial charge in [0.05, 0.1) is 18.8 Å². The molecule has 0 fully saturated rings. The molecule has 3 heteroatoms. The number of methoxy groups -OCH3 is 1. The molecule has 1 aromatic rings. The Morgan fingerprint density at radius 1 is 1.10 bits per heavy atom. The zero-order valence-corrected chi connectivity index (χ0v) is 13.4. The first-order valence-electron chi connectivity index (χ1n) is 7.62. The molecule has 1 rings (SSSR count). The lowest BCUT2D eigenvalue weighted by molar-refractivity contribution is -0.139. The molecule has 0 unspecified atom stereocenters. The summed E-state index contributed by atoms with van der Waals surface area (Å²) in [4.78, 5) is 12.2. The maximum Gasteiger partial charge on any atom is 0.336 e. The quantitative estimate of drug-likeness (QED) is 0.388. The smallest absolute Gasteiger partial charge is 0.336 e. The predicted octanol–water partition coefficient (Wildman–Crippen LogP) is 4.23. The molecular weight excluding hydrogens is 264 g/mol. The number of benzene rings is 1. The van der Waals surface area contributed by atoms with Gasteiger partial charge in [0.2, 0.25) is 0 Å². The summed E-state index contributed by atoms with van der Waals surface area (Å²) in [6.45, 7) is 4.85. The molecule has 0 spiro atoms. The molecule has 0 aliphatic carbocycles. The zero-order chi connectivity index (χ0) is 15.5. The number of unbranched alkanes of at least 4 members (excludes halogenated alkanes) is 3. The van der Waals surface area contributed by atoms with Gasteiger partial charge in [-0.15, -0.1) is 0 Å². The number of ether oxygens (including phenoxy) is 2. The fourth-order valence-corrected chi connectivity index (χ4v) is 2.11. The Hall–Kier alpha value is -1.61. The molecular formula is C18H26O3. The summed E-state index contributed by atoms with van der Waals surface area (Å²) in [7, 11) is 1.59. The third-order valence-corrected chi connectivity index (χ3v) is 3.43. The van der Waals surface area contributed by atoms with E-state index in [1.54, 1.807) is 7.11 Å². The third kappa shape index (κ3) is 6.13. The van der Waals surface area contributed by atoms with Crippen LogP contribution in [0.1, 0.15) is 45.1 Å². The highest BCUT2D eigenvalue weighted by atomic mass is 16.5. The standard InChI is InChI=1S/C18H26O3/c1-4-5-6-10-13-21-18(19)17(14-20-3)15(2)16-11-8-7-9-12-16/h7-9,11-12H,4-6,10,13-14H2,1-3H3. The van der Waals surface area contributed by atoms with Crippen LogP contribution in [0.5, 0.6) is 0 Å². The number of allylic oxidation sites excluding steroid dienone is 1. The van der Waals surface area contributed by atoms with Gasteiger partial charge in [-0.2, -0.15) is 0 Å². The first kappa shape index (κ1) is 17.4. The predicted molar refractivity (Wildman–Crippen MR) is 86.0 cm³/mol. The van der Waals surface area contributed by atoms with E-state index in [4.69, 9.17) is 9.47 Å². The molecule has 0 atom stereocenters. The Labute approximate surface area is 128 Å². The van der Waals surface area contributed by atoms with Crippen LogP contribution in [0, 0.1) is 0 Å². The van der Waals surface area contributed by atoms with E-state index in [0.29, 0.717) is 12.2 Å². The molecule has 0 heterocycles. The third-order valence-electron chi connectivity index (χ3n) is 3.43. The van der Waals surface area contributed by atoms with Crippen molar-refractivity contribution >= 4 is 11.5 Å². The molecule has 1 aromatic carbocycles. The number of rotatable bonds is 9. The second-order valence-electron chi connectivity index (χ2n) is 5.10. The van der Waals surface area contributed by atoms with Crippen LogP contribution in [0.3, 0.4) is 0 Å². The van der Waals surface area contributed by atoms with E-state index in [1.807, 2.05) is 37.3 Å². The van der Waals surface area contributed by atoms with Gasteiger partial charge in [0.15, 0.2) is 0 Å². The molecule has 0 aliphatic heterocycles. The molecule has 3 nitrogen and oxygen atoms in total. The Morgan fingerprint density at radius 2 is 1.81 bits per heavy atom. The summed E-state index contributed by atoms with van der Waals surface area (Å²) < 4.78 is 10.5. The van der Waals surface area contributed by atoms with E-state index < -0.39 is 0 Å². The van der Waals surface area contributed by atoms with Gasteiger partial charge in [0.1, 0.15) is 0 Å². The number of hydrogen-bond donors (Lipinski definition) is 0. The lowest BCUT2D eigenvalue weighted by Crippen LogP contribution is -2.14. The van der Waals surface area contributed by atoms with E-state index in [9.17, 15) is 4.79 Å². The Balaban J connectivity index is 2.69. The molecule has 0 saturated carbocycles. The molecule has 0 aliphatic rings. The lowest BCUT2D eigenvalue weighted by atomic mass is 10.0. The van der Waals surface area contributed by atoms with Crippen LogP contribution in [0.15, 0.2) is 35.9 Å². The average Bonchev–Trinajstić information content (AvgIpc) is 2.52.